The number of carbonyl (C=O) groups excluding carboxylic acids is 1. The fourth-order valence-corrected chi connectivity index (χ4v) is 2.03. The standard InChI is InChI=1S/C14H17F3O2/c1-4-6-10-7-9(5-2)12(14(15,16)17)8-11(10)13(18)19-3/h7-8H,4-6H2,1-3H3. The molecule has 0 aliphatic rings. The number of hydrogen-bond acceptors (Lipinski definition) is 2. The predicted molar refractivity (Wildman–Crippen MR) is 66.2 cm³/mol. The molecule has 0 aliphatic heterocycles. The van der Waals surface area contributed by atoms with Gasteiger partial charge < -0.3 is 4.74 Å². The maximum Gasteiger partial charge on any atom is 0.416 e. The van der Waals surface area contributed by atoms with Gasteiger partial charge in [0.05, 0.1) is 18.2 Å². The van der Waals surface area contributed by atoms with Crippen molar-refractivity contribution in [1.29, 1.82) is 0 Å². The van der Waals surface area contributed by atoms with E-state index in [0.717, 1.165) is 12.5 Å². The Morgan fingerprint density at radius 2 is 1.84 bits per heavy atom. The first kappa shape index (κ1) is 15.5. The zero-order valence-corrected chi connectivity index (χ0v) is 11.2. The Labute approximate surface area is 110 Å². The van der Waals surface area contributed by atoms with Gasteiger partial charge in [-0.1, -0.05) is 26.3 Å². The molecule has 1 aromatic rings. The highest BCUT2D eigenvalue weighted by atomic mass is 19.4. The summed E-state index contributed by atoms with van der Waals surface area (Å²) in [6.45, 7) is 3.57. The lowest BCUT2D eigenvalue weighted by atomic mass is 9.94. The van der Waals surface area contributed by atoms with Crippen LogP contribution in [0.1, 0.15) is 47.3 Å². The molecule has 0 aromatic heterocycles. The molecule has 0 saturated heterocycles. The summed E-state index contributed by atoms with van der Waals surface area (Å²) >= 11 is 0. The number of halogens is 3. The van der Waals surface area contributed by atoms with Crippen LogP contribution in [0, 0.1) is 0 Å². The van der Waals surface area contributed by atoms with E-state index in [1.54, 1.807) is 6.92 Å². The van der Waals surface area contributed by atoms with Crippen molar-refractivity contribution in [2.24, 2.45) is 0 Å². The van der Waals surface area contributed by atoms with Gasteiger partial charge in [0.2, 0.25) is 0 Å². The van der Waals surface area contributed by atoms with Crippen LogP contribution >= 0.6 is 0 Å². The number of methoxy groups -OCH3 is 1. The molecule has 0 aliphatic carbocycles. The number of benzene rings is 1. The molecule has 0 amide bonds. The first-order chi connectivity index (χ1) is 8.85. The maximum absolute atomic E-state index is 12.9. The number of rotatable bonds is 4. The van der Waals surface area contributed by atoms with Crippen molar-refractivity contribution in [3.8, 4) is 0 Å². The zero-order valence-electron chi connectivity index (χ0n) is 11.2. The van der Waals surface area contributed by atoms with Crippen molar-refractivity contribution in [3.05, 3.63) is 34.4 Å². The minimum absolute atomic E-state index is 0.00822. The van der Waals surface area contributed by atoms with E-state index in [2.05, 4.69) is 4.74 Å². The number of aryl methyl sites for hydroxylation is 2. The highest BCUT2D eigenvalue weighted by molar-refractivity contribution is 5.91. The Morgan fingerprint density at radius 1 is 1.21 bits per heavy atom. The van der Waals surface area contributed by atoms with Gasteiger partial charge >= 0.3 is 12.1 Å². The topological polar surface area (TPSA) is 26.3 Å². The van der Waals surface area contributed by atoms with E-state index in [1.165, 1.54) is 13.2 Å². The number of ether oxygens (including phenoxy) is 1. The van der Waals surface area contributed by atoms with Crippen molar-refractivity contribution in [1.82, 2.24) is 0 Å². The van der Waals surface area contributed by atoms with E-state index < -0.39 is 17.7 Å². The molecule has 0 spiro atoms. The largest absolute Gasteiger partial charge is 0.465 e. The molecular formula is C14H17F3O2. The van der Waals surface area contributed by atoms with Gasteiger partial charge in [0.1, 0.15) is 0 Å². The predicted octanol–water partition coefficient (Wildman–Crippen LogP) is 4.01. The van der Waals surface area contributed by atoms with Crippen LogP contribution in [0.5, 0.6) is 0 Å². The number of hydrogen-bond donors (Lipinski definition) is 0. The first-order valence-electron chi connectivity index (χ1n) is 6.16. The maximum atomic E-state index is 12.9. The Balaban J connectivity index is 3.47. The van der Waals surface area contributed by atoms with Crippen molar-refractivity contribution in [2.45, 2.75) is 39.3 Å². The van der Waals surface area contributed by atoms with E-state index in [-0.39, 0.29) is 17.5 Å². The molecule has 0 radical (unpaired) electrons. The molecule has 2 nitrogen and oxygen atoms in total. The fourth-order valence-electron chi connectivity index (χ4n) is 2.03. The average molecular weight is 274 g/mol. The third-order valence-corrected chi connectivity index (χ3v) is 2.94. The zero-order chi connectivity index (χ0) is 14.6. The Hall–Kier alpha value is -1.52. The number of carbonyl (C=O) groups is 1. The van der Waals surface area contributed by atoms with Crippen LogP contribution in [0.2, 0.25) is 0 Å². The van der Waals surface area contributed by atoms with Crippen LogP contribution in [0.25, 0.3) is 0 Å². The second kappa shape index (κ2) is 6.08. The fraction of sp³-hybridized carbons (Fsp3) is 0.500. The van der Waals surface area contributed by atoms with Gasteiger partial charge in [-0.05, 0) is 30.0 Å². The molecule has 0 atom stereocenters. The summed E-state index contributed by atoms with van der Waals surface area (Å²) in [6.07, 6.45) is -2.89. The van der Waals surface area contributed by atoms with Crippen molar-refractivity contribution in [3.63, 3.8) is 0 Å². The summed E-state index contributed by atoms with van der Waals surface area (Å²) in [5, 5.41) is 0. The van der Waals surface area contributed by atoms with Crippen LogP contribution in [0.15, 0.2) is 12.1 Å². The van der Waals surface area contributed by atoms with Gasteiger partial charge in [0.25, 0.3) is 0 Å². The van der Waals surface area contributed by atoms with Crippen molar-refractivity contribution in [2.75, 3.05) is 7.11 Å². The molecule has 1 aromatic carbocycles. The first-order valence-corrected chi connectivity index (χ1v) is 6.16. The Kier molecular flexibility index (Phi) is 4.97. The smallest absolute Gasteiger partial charge is 0.416 e. The summed E-state index contributed by atoms with van der Waals surface area (Å²) in [6, 6.07) is 2.38. The lowest BCUT2D eigenvalue weighted by Crippen LogP contribution is -2.14. The second-order valence-corrected chi connectivity index (χ2v) is 4.26. The number of alkyl halides is 3. The molecular weight excluding hydrogens is 257 g/mol. The monoisotopic (exact) mass is 274 g/mol. The summed E-state index contributed by atoms with van der Waals surface area (Å²) < 4.78 is 43.4. The molecule has 0 saturated carbocycles. The molecule has 19 heavy (non-hydrogen) atoms. The third-order valence-electron chi connectivity index (χ3n) is 2.94. The Bertz CT molecular complexity index is 464. The minimum atomic E-state index is -4.46. The SMILES string of the molecule is CCCc1cc(CC)c(C(F)(F)F)cc1C(=O)OC. The average Bonchev–Trinajstić information content (AvgIpc) is 2.36. The molecule has 1 rings (SSSR count). The molecule has 106 valence electrons. The van der Waals surface area contributed by atoms with Gasteiger partial charge in [-0.15, -0.1) is 0 Å². The summed E-state index contributed by atoms with van der Waals surface area (Å²) in [7, 11) is 1.17. The van der Waals surface area contributed by atoms with E-state index in [1.807, 2.05) is 6.92 Å². The van der Waals surface area contributed by atoms with E-state index in [0.29, 0.717) is 12.0 Å². The Morgan fingerprint density at radius 3 is 2.26 bits per heavy atom. The molecule has 0 unspecified atom stereocenters. The van der Waals surface area contributed by atoms with Crippen LogP contribution in [0.4, 0.5) is 13.2 Å². The van der Waals surface area contributed by atoms with Gasteiger partial charge in [0.15, 0.2) is 0 Å². The summed E-state index contributed by atoms with van der Waals surface area (Å²) in [5.74, 6) is -0.725. The number of esters is 1. The molecule has 0 heterocycles. The lowest BCUT2D eigenvalue weighted by molar-refractivity contribution is -0.138. The van der Waals surface area contributed by atoms with Crippen LogP contribution in [0.3, 0.4) is 0 Å². The minimum Gasteiger partial charge on any atom is -0.465 e. The quantitative estimate of drug-likeness (QED) is 0.775. The van der Waals surface area contributed by atoms with Crippen LogP contribution < -0.4 is 0 Å². The summed E-state index contributed by atoms with van der Waals surface area (Å²) in [4.78, 5) is 11.6. The highest BCUT2D eigenvalue weighted by Crippen LogP contribution is 2.34. The van der Waals surface area contributed by atoms with E-state index in [9.17, 15) is 18.0 Å². The molecule has 0 bridgehead atoms. The van der Waals surface area contributed by atoms with Crippen LogP contribution in [-0.4, -0.2) is 13.1 Å². The van der Waals surface area contributed by atoms with Crippen LogP contribution in [-0.2, 0) is 23.8 Å². The van der Waals surface area contributed by atoms with Gasteiger partial charge in [-0.25, -0.2) is 4.79 Å². The normalized spacial score (nSPS) is 11.5. The van der Waals surface area contributed by atoms with Gasteiger partial charge in [-0.2, -0.15) is 13.2 Å². The van der Waals surface area contributed by atoms with Crippen molar-refractivity contribution < 1.29 is 22.7 Å². The third kappa shape index (κ3) is 3.49. The van der Waals surface area contributed by atoms with Gasteiger partial charge in [0, 0.05) is 0 Å². The van der Waals surface area contributed by atoms with E-state index >= 15 is 0 Å². The highest BCUT2D eigenvalue weighted by Gasteiger charge is 2.34. The summed E-state index contributed by atoms with van der Waals surface area (Å²) in [5.41, 5.74) is 0.0759. The van der Waals surface area contributed by atoms with E-state index in [4.69, 9.17) is 0 Å². The molecule has 0 fully saturated rings. The van der Waals surface area contributed by atoms with Crippen molar-refractivity contribution >= 4 is 5.97 Å². The molecule has 5 heteroatoms. The van der Waals surface area contributed by atoms with Gasteiger partial charge in [-0.3, -0.25) is 0 Å². The second-order valence-electron chi connectivity index (χ2n) is 4.26. The molecule has 0 N–H and O–H groups in total. The lowest BCUT2D eigenvalue weighted by Gasteiger charge is -2.16.